The number of benzene rings is 2. The minimum atomic E-state index is -0.639. The van der Waals surface area contributed by atoms with E-state index in [9.17, 15) is 9.18 Å². The molecular weight excluding hydrogens is 291 g/mol. The highest BCUT2D eigenvalue weighted by Gasteiger charge is 2.18. The van der Waals surface area contributed by atoms with E-state index in [0.29, 0.717) is 16.5 Å². The second kappa shape index (κ2) is 5.04. The van der Waals surface area contributed by atoms with E-state index in [1.54, 1.807) is 18.2 Å². The molecule has 0 radical (unpaired) electrons. The molecule has 1 aromatic heterocycles. The van der Waals surface area contributed by atoms with E-state index < -0.39 is 5.82 Å². The molecule has 0 spiro atoms. The first-order chi connectivity index (χ1) is 10.1. The van der Waals surface area contributed by atoms with Gasteiger partial charge in [-0.05, 0) is 30.3 Å². The summed E-state index contributed by atoms with van der Waals surface area (Å²) in [6.07, 6.45) is 1.54. The summed E-state index contributed by atoms with van der Waals surface area (Å²) in [7, 11) is 0. The van der Waals surface area contributed by atoms with E-state index in [1.165, 1.54) is 24.4 Å². The van der Waals surface area contributed by atoms with Crippen LogP contribution in [-0.4, -0.2) is 10.8 Å². The van der Waals surface area contributed by atoms with Gasteiger partial charge in [-0.2, -0.15) is 5.26 Å². The Balaban J connectivity index is 2.18. The zero-order chi connectivity index (χ0) is 15.0. The quantitative estimate of drug-likeness (QED) is 0.725. The molecule has 0 aliphatic heterocycles. The average Bonchev–Trinajstić information content (AvgIpc) is 2.92. The Bertz CT molecular complexity index is 908. The summed E-state index contributed by atoms with van der Waals surface area (Å²) in [5.41, 5.74) is 1.63. The van der Waals surface area contributed by atoms with Gasteiger partial charge in [-0.3, -0.25) is 4.79 Å². The third-order valence-electron chi connectivity index (χ3n) is 3.25. The van der Waals surface area contributed by atoms with Crippen molar-refractivity contribution in [1.82, 2.24) is 4.98 Å². The number of fused-ring (bicyclic) bond motifs is 1. The van der Waals surface area contributed by atoms with Crippen molar-refractivity contribution >= 4 is 28.3 Å². The number of nitriles is 1. The van der Waals surface area contributed by atoms with Crippen LogP contribution in [0.5, 0.6) is 0 Å². The Morgan fingerprint density at radius 3 is 2.81 bits per heavy atom. The third-order valence-corrected chi connectivity index (χ3v) is 3.64. The molecule has 0 amide bonds. The molecule has 0 atom stereocenters. The van der Waals surface area contributed by atoms with Gasteiger partial charge in [0.1, 0.15) is 5.82 Å². The number of aromatic amines is 1. The number of halogens is 2. The van der Waals surface area contributed by atoms with Crippen LogP contribution in [0.4, 0.5) is 4.39 Å². The van der Waals surface area contributed by atoms with Gasteiger partial charge in [-0.1, -0.05) is 17.7 Å². The van der Waals surface area contributed by atoms with Gasteiger partial charge in [-0.15, -0.1) is 0 Å². The van der Waals surface area contributed by atoms with Crippen LogP contribution in [0.25, 0.3) is 10.9 Å². The van der Waals surface area contributed by atoms with Crippen molar-refractivity contribution in [3.05, 3.63) is 70.1 Å². The maximum absolute atomic E-state index is 13.5. The molecule has 2 aromatic carbocycles. The lowest BCUT2D eigenvalue weighted by molar-refractivity contribution is 0.104. The van der Waals surface area contributed by atoms with Crippen molar-refractivity contribution in [2.24, 2.45) is 0 Å². The second-order valence-corrected chi connectivity index (χ2v) is 4.88. The molecule has 3 aromatic rings. The number of hydrogen-bond acceptors (Lipinski definition) is 2. The first kappa shape index (κ1) is 13.3. The first-order valence-electron chi connectivity index (χ1n) is 6.12. The van der Waals surface area contributed by atoms with Crippen molar-refractivity contribution in [3.8, 4) is 6.07 Å². The lowest BCUT2D eigenvalue weighted by Crippen LogP contribution is -2.02. The van der Waals surface area contributed by atoms with E-state index in [-0.39, 0.29) is 16.4 Å². The zero-order valence-electron chi connectivity index (χ0n) is 10.7. The highest BCUT2D eigenvalue weighted by Crippen LogP contribution is 2.26. The average molecular weight is 299 g/mol. The number of nitrogens with one attached hydrogen (secondary N) is 1. The molecule has 0 aliphatic rings. The molecule has 0 fully saturated rings. The fourth-order valence-corrected chi connectivity index (χ4v) is 2.41. The summed E-state index contributed by atoms with van der Waals surface area (Å²) >= 11 is 5.86. The predicted octanol–water partition coefficient (Wildman–Crippen LogP) is 4.06. The molecule has 3 rings (SSSR count). The summed E-state index contributed by atoms with van der Waals surface area (Å²) in [5, 5.41) is 9.36. The highest BCUT2D eigenvalue weighted by atomic mass is 35.5. The van der Waals surface area contributed by atoms with Crippen molar-refractivity contribution in [3.63, 3.8) is 0 Å². The van der Waals surface area contributed by atoms with Crippen LogP contribution in [-0.2, 0) is 0 Å². The number of ketones is 1. The minimum Gasteiger partial charge on any atom is -0.360 e. The molecular formula is C16H8ClFN2O. The predicted molar refractivity (Wildman–Crippen MR) is 77.9 cm³/mol. The zero-order valence-corrected chi connectivity index (χ0v) is 11.4. The van der Waals surface area contributed by atoms with E-state index >= 15 is 0 Å². The number of hydrogen-bond donors (Lipinski definition) is 1. The van der Waals surface area contributed by atoms with Crippen molar-refractivity contribution in [1.29, 1.82) is 5.26 Å². The molecule has 0 aliphatic carbocycles. The number of H-pyrrole nitrogens is 1. The molecule has 102 valence electrons. The van der Waals surface area contributed by atoms with Crippen LogP contribution in [0.15, 0.2) is 42.6 Å². The van der Waals surface area contributed by atoms with Crippen LogP contribution in [0.2, 0.25) is 5.02 Å². The Morgan fingerprint density at radius 1 is 1.24 bits per heavy atom. The highest BCUT2D eigenvalue weighted by molar-refractivity contribution is 6.35. The van der Waals surface area contributed by atoms with E-state index in [2.05, 4.69) is 4.98 Å². The summed E-state index contributed by atoms with van der Waals surface area (Å²) in [6.45, 7) is 0. The van der Waals surface area contributed by atoms with E-state index in [0.717, 1.165) is 5.52 Å². The third kappa shape index (κ3) is 2.18. The molecule has 0 saturated heterocycles. The molecule has 3 nitrogen and oxygen atoms in total. The summed E-state index contributed by atoms with van der Waals surface area (Å²) < 4.78 is 13.5. The van der Waals surface area contributed by atoms with Crippen molar-refractivity contribution in [2.45, 2.75) is 0 Å². The number of carbonyl (C=O) groups is 1. The first-order valence-corrected chi connectivity index (χ1v) is 6.49. The fourth-order valence-electron chi connectivity index (χ4n) is 2.20. The Morgan fingerprint density at radius 2 is 2.05 bits per heavy atom. The fraction of sp³-hybridized carbons (Fsp3) is 0. The lowest BCUT2D eigenvalue weighted by atomic mass is 10.0. The molecule has 1 N–H and O–H groups in total. The monoisotopic (exact) mass is 298 g/mol. The molecule has 5 heteroatoms. The molecule has 0 saturated carbocycles. The van der Waals surface area contributed by atoms with E-state index in [1.807, 2.05) is 6.07 Å². The number of nitrogens with zero attached hydrogens (tertiary/aromatic N) is 1. The van der Waals surface area contributed by atoms with Crippen LogP contribution in [0.3, 0.4) is 0 Å². The van der Waals surface area contributed by atoms with Gasteiger partial charge in [0.05, 0.1) is 16.7 Å². The van der Waals surface area contributed by atoms with Gasteiger partial charge < -0.3 is 4.98 Å². The smallest absolute Gasteiger partial charge is 0.196 e. The maximum atomic E-state index is 13.5. The van der Waals surface area contributed by atoms with Crippen LogP contribution in [0, 0.1) is 17.1 Å². The summed E-state index contributed by atoms with van der Waals surface area (Å²) in [6, 6.07) is 11.1. The Labute approximate surface area is 124 Å². The SMILES string of the molecule is N#Cc1ccc2[nH]cc(C(=O)c3cccc(F)c3Cl)c2c1. The van der Waals surface area contributed by atoms with E-state index in [4.69, 9.17) is 16.9 Å². The largest absolute Gasteiger partial charge is 0.360 e. The number of aromatic nitrogens is 1. The Kier molecular flexibility index (Phi) is 3.20. The molecule has 1 heterocycles. The van der Waals surface area contributed by atoms with Crippen LogP contribution >= 0.6 is 11.6 Å². The van der Waals surface area contributed by atoms with Crippen LogP contribution in [0.1, 0.15) is 21.5 Å². The standard InChI is InChI=1S/C16H8ClFN2O/c17-15-10(2-1-3-13(15)18)16(21)12-8-20-14-5-4-9(7-19)6-11(12)14/h1-6,8,20H. The second-order valence-electron chi connectivity index (χ2n) is 4.51. The van der Waals surface area contributed by atoms with Gasteiger partial charge in [0, 0.05) is 28.2 Å². The normalized spacial score (nSPS) is 10.5. The topological polar surface area (TPSA) is 56.6 Å². The van der Waals surface area contributed by atoms with Gasteiger partial charge in [0.15, 0.2) is 5.78 Å². The molecule has 0 bridgehead atoms. The lowest BCUT2D eigenvalue weighted by Gasteiger charge is -2.03. The number of rotatable bonds is 2. The van der Waals surface area contributed by atoms with Crippen LogP contribution < -0.4 is 0 Å². The van der Waals surface area contributed by atoms with Gasteiger partial charge in [-0.25, -0.2) is 4.39 Å². The van der Waals surface area contributed by atoms with Crippen molar-refractivity contribution in [2.75, 3.05) is 0 Å². The van der Waals surface area contributed by atoms with Gasteiger partial charge in [0.25, 0.3) is 0 Å². The maximum Gasteiger partial charge on any atom is 0.196 e. The molecule has 21 heavy (non-hydrogen) atoms. The van der Waals surface area contributed by atoms with Gasteiger partial charge in [0.2, 0.25) is 0 Å². The molecule has 0 unspecified atom stereocenters. The number of carbonyl (C=O) groups excluding carboxylic acids is 1. The summed E-state index contributed by atoms with van der Waals surface area (Å²) in [5.74, 6) is -1.03. The Hall–Kier alpha value is -2.64. The minimum absolute atomic E-state index is 0.0972. The summed E-state index contributed by atoms with van der Waals surface area (Å²) in [4.78, 5) is 15.5. The van der Waals surface area contributed by atoms with Crippen molar-refractivity contribution < 1.29 is 9.18 Å². The van der Waals surface area contributed by atoms with Gasteiger partial charge >= 0.3 is 0 Å².